The summed E-state index contributed by atoms with van der Waals surface area (Å²) in [5.41, 5.74) is 1.20. The molecule has 0 radical (unpaired) electrons. The van der Waals surface area contributed by atoms with E-state index in [-0.39, 0.29) is 6.10 Å². The Balaban J connectivity index is 1.52. The molecule has 1 unspecified atom stereocenters. The molecule has 7 heteroatoms. The number of anilines is 1. The van der Waals surface area contributed by atoms with Crippen molar-refractivity contribution in [3.05, 3.63) is 34.9 Å². The van der Waals surface area contributed by atoms with Crippen molar-refractivity contribution in [2.45, 2.75) is 56.2 Å². The van der Waals surface area contributed by atoms with E-state index in [4.69, 9.17) is 16.3 Å². The highest BCUT2D eigenvalue weighted by Crippen LogP contribution is 2.29. The molecular weight excluding hydrogens is 380 g/mol. The zero-order chi connectivity index (χ0) is 18.6. The van der Waals surface area contributed by atoms with Crippen LogP contribution in [0.25, 0.3) is 0 Å². The Morgan fingerprint density at radius 1 is 1.22 bits per heavy atom. The molecule has 2 aliphatic rings. The Hall–Kier alpha value is -1.24. The van der Waals surface area contributed by atoms with Crippen LogP contribution in [-0.2, 0) is 17.0 Å². The molecule has 0 N–H and O–H groups in total. The Morgan fingerprint density at radius 3 is 2.81 bits per heavy atom. The molecule has 0 saturated carbocycles. The van der Waals surface area contributed by atoms with Gasteiger partial charge in [-0.05, 0) is 49.3 Å². The number of halogens is 1. The number of piperidine rings is 1. The van der Waals surface area contributed by atoms with E-state index in [9.17, 15) is 0 Å². The van der Waals surface area contributed by atoms with Gasteiger partial charge in [-0.2, -0.15) is 0 Å². The molecule has 1 atom stereocenters. The van der Waals surface area contributed by atoms with Crippen LogP contribution in [0.15, 0.2) is 29.4 Å². The fraction of sp³-hybridized carbons (Fsp3) is 0.600. The summed E-state index contributed by atoms with van der Waals surface area (Å²) >= 11 is 7.85. The van der Waals surface area contributed by atoms with Crippen molar-refractivity contribution >= 4 is 29.3 Å². The number of rotatable bonds is 6. The van der Waals surface area contributed by atoms with Gasteiger partial charge < -0.3 is 9.64 Å². The van der Waals surface area contributed by atoms with Gasteiger partial charge in [0.05, 0.1) is 12.6 Å². The molecule has 2 fully saturated rings. The summed E-state index contributed by atoms with van der Waals surface area (Å²) in [6, 6.07) is 8.02. The number of nitrogens with zero attached hydrogens (tertiary/aromatic N) is 4. The quantitative estimate of drug-likeness (QED) is 0.654. The van der Waals surface area contributed by atoms with Crippen LogP contribution >= 0.6 is 23.4 Å². The minimum absolute atomic E-state index is 0.272. The third-order valence-electron chi connectivity index (χ3n) is 5.43. The Morgan fingerprint density at radius 2 is 2.07 bits per heavy atom. The van der Waals surface area contributed by atoms with E-state index in [0.29, 0.717) is 0 Å². The average molecular weight is 407 g/mol. The second-order valence-electron chi connectivity index (χ2n) is 7.62. The summed E-state index contributed by atoms with van der Waals surface area (Å²) in [6.07, 6.45) is 4.98. The van der Waals surface area contributed by atoms with Crippen LogP contribution in [0.4, 0.5) is 5.95 Å². The maximum absolute atomic E-state index is 6.12. The van der Waals surface area contributed by atoms with Crippen molar-refractivity contribution in [2.24, 2.45) is 5.92 Å². The lowest BCUT2D eigenvalue weighted by atomic mass is 10.00. The maximum atomic E-state index is 6.12. The number of hydrogen-bond acceptors (Lipinski definition) is 5. The summed E-state index contributed by atoms with van der Waals surface area (Å²) in [4.78, 5) is 2.39. The number of thioether (sulfide) groups is 1. The molecule has 0 bridgehead atoms. The molecule has 1 aromatic carbocycles. The van der Waals surface area contributed by atoms with Gasteiger partial charge in [-0.1, -0.05) is 42.4 Å². The molecule has 146 valence electrons. The second-order valence-corrected chi connectivity index (χ2v) is 9.00. The zero-order valence-electron chi connectivity index (χ0n) is 15.8. The Kier molecular flexibility index (Phi) is 6.25. The summed E-state index contributed by atoms with van der Waals surface area (Å²) < 4.78 is 8.18. The standard InChI is InChI=1S/C20H27ClN4OS/c1-15-7-9-24(10-8-15)19-22-23-20(25(19)13-18-6-3-11-26-18)27-14-16-4-2-5-17(21)12-16/h2,4-5,12,15,18H,3,6-11,13-14H2,1H3. The molecule has 1 aromatic heterocycles. The lowest BCUT2D eigenvalue weighted by Gasteiger charge is -2.31. The third-order valence-corrected chi connectivity index (χ3v) is 6.70. The summed E-state index contributed by atoms with van der Waals surface area (Å²) in [5, 5.41) is 10.9. The van der Waals surface area contributed by atoms with Crippen LogP contribution in [0.2, 0.25) is 5.02 Å². The predicted octanol–water partition coefficient (Wildman–Crippen LogP) is 4.64. The van der Waals surface area contributed by atoms with E-state index in [0.717, 1.165) is 66.9 Å². The smallest absolute Gasteiger partial charge is 0.228 e. The van der Waals surface area contributed by atoms with E-state index < -0.39 is 0 Å². The van der Waals surface area contributed by atoms with Crippen LogP contribution in [0.1, 0.15) is 38.2 Å². The first-order chi connectivity index (χ1) is 13.2. The molecule has 0 spiro atoms. The summed E-state index contributed by atoms with van der Waals surface area (Å²) in [6.45, 7) is 6.16. The van der Waals surface area contributed by atoms with Crippen molar-refractivity contribution in [3.63, 3.8) is 0 Å². The lowest BCUT2D eigenvalue weighted by molar-refractivity contribution is 0.0951. The summed E-state index contributed by atoms with van der Waals surface area (Å²) in [7, 11) is 0. The van der Waals surface area contributed by atoms with Gasteiger partial charge in [0.15, 0.2) is 5.16 Å². The molecule has 2 saturated heterocycles. The minimum atomic E-state index is 0.272. The van der Waals surface area contributed by atoms with Gasteiger partial charge in [-0.3, -0.25) is 4.57 Å². The third kappa shape index (κ3) is 4.79. The van der Waals surface area contributed by atoms with Gasteiger partial charge in [0.1, 0.15) is 0 Å². The zero-order valence-corrected chi connectivity index (χ0v) is 17.4. The predicted molar refractivity (Wildman–Crippen MR) is 111 cm³/mol. The van der Waals surface area contributed by atoms with Crippen LogP contribution in [0.3, 0.4) is 0 Å². The Labute approximate surface area is 170 Å². The molecular formula is C20H27ClN4OS. The minimum Gasteiger partial charge on any atom is -0.376 e. The van der Waals surface area contributed by atoms with Crippen LogP contribution < -0.4 is 4.90 Å². The number of benzene rings is 1. The van der Waals surface area contributed by atoms with E-state index in [1.807, 2.05) is 18.2 Å². The molecule has 27 heavy (non-hydrogen) atoms. The van der Waals surface area contributed by atoms with Gasteiger partial charge in [0, 0.05) is 30.5 Å². The first kappa shape index (κ1) is 19.1. The maximum Gasteiger partial charge on any atom is 0.228 e. The monoisotopic (exact) mass is 406 g/mol. The molecule has 5 nitrogen and oxygen atoms in total. The molecule has 2 aromatic rings. The molecule has 4 rings (SSSR count). The number of hydrogen-bond donors (Lipinski definition) is 0. The van der Waals surface area contributed by atoms with E-state index in [1.54, 1.807) is 11.8 Å². The van der Waals surface area contributed by atoms with Gasteiger partial charge >= 0.3 is 0 Å². The van der Waals surface area contributed by atoms with Crippen molar-refractivity contribution in [1.82, 2.24) is 14.8 Å². The van der Waals surface area contributed by atoms with E-state index in [1.165, 1.54) is 18.4 Å². The van der Waals surface area contributed by atoms with Gasteiger partial charge in [0.25, 0.3) is 0 Å². The van der Waals surface area contributed by atoms with Crippen LogP contribution in [0, 0.1) is 5.92 Å². The highest BCUT2D eigenvalue weighted by molar-refractivity contribution is 7.98. The molecule has 3 heterocycles. The normalized spacial score (nSPS) is 21.1. The molecule has 2 aliphatic heterocycles. The van der Waals surface area contributed by atoms with Crippen molar-refractivity contribution in [2.75, 3.05) is 24.6 Å². The van der Waals surface area contributed by atoms with Crippen LogP contribution in [0.5, 0.6) is 0 Å². The van der Waals surface area contributed by atoms with Crippen molar-refractivity contribution in [3.8, 4) is 0 Å². The number of aromatic nitrogens is 3. The highest BCUT2D eigenvalue weighted by atomic mass is 35.5. The number of ether oxygens (including phenoxy) is 1. The fourth-order valence-electron chi connectivity index (χ4n) is 3.76. The first-order valence-electron chi connectivity index (χ1n) is 9.86. The van der Waals surface area contributed by atoms with Crippen molar-refractivity contribution in [1.29, 1.82) is 0 Å². The van der Waals surface area contributed by atoms with Gasteiger partial charge in [-0.15, -0.1) is 10.2 Å². The highest BCUT2D eigenvalue weighted by Gasteiger charge is 2.25. The molecule has 0 amide bonds. The molecule has 0 aliphatic carbocycles. The average Bonchev–Trinajstić information content (AvgIpc) is 3.31. The largest absolute Gasteiger partial charge is 0.376 e. The van der Waals surface area contributed by atoms with E-state index >= 15 is 0 Å². The second kappa shape index (κ2) is 8.84. The lowest BCUT2D eigenvalue weighted by Crippen LogP contribution is -2.35. The SMILES string of the molecule is CC1CCN(c2nnc(SCc3cccc(Cl)c3)n2CC2CCCO2)CC1. The van der Waals surface area contributed by atoms with Gasteiger partial charge in [-0.25, -0.2) is 0 Å². The first-order valence-corrected chi connectivity index (χ1v) is 11.2. The van der Waals surface area contributed by atoms with Crippen LogP contribution in [-0.4, -0.2) is 40.6 Å². The Bertz CT molecular complexity index is 754. The van der Waals surface area contributed by atoms with Crippen molar-refractivity contribution < 1.29 is 4.74 Å². The summed E-state index contributed by atoms with van der Waals surface area (Å²) in [5.74, 6) is 2.64. The topological polar surface area (TPSA) is 43.2 Å². The van der Waals surface area contributed by atoms with Gasteiger partial charge in [0.2, 0.25) is 5.95 Å². The fourth-order valence-corrected chi connectivity index (χ4v) is 4.86. The van der Waals surface area contributed by atoms with E-state index in [2.05, 4.69) is 32.7 Å².